The van der Waals surface area contributed by atoms with E-state index in [1.807, 2.05) is 0 Å². The van der Waals surface area contributed by atoms with E-state index in [2.05, 4.69) is 15.5 Å². The molecule has 110 valence electrons. The van der Waals surface area contributed by atoms with Gasteiger partial charge >= 0.3 is 5.97 Å². The van der Waals surface area contributed by atoms with Crippen molar-refractivity contribution in [3.05, 3.63) is 46.5 Å². The molecular formula is C14H16N4O3. The number of nitrogens with zero attached hydrogens (tertiary/aromatic N) is 3. The molecule has 0 saturated heterocycles. The van der Waals surface area contributed by atoms with Gasteiger partial charge in [-0.2, -0.15) is 0 Å². The van der Waals surface area contributed by atoms with Crippen molar-refractivity contribution >= 4 is 11.9 Å². The normalized spacial score (nSPS) is 10.4. The average molecular weight is 288 g/mol. The van der Waals surface area contributed by atoms with Crippen LogP contribution in [-0.2, 0) is 13.6 Å². The molecule has 1 heterocycles. The summed E-state index contributed by atoms with van der Waals surface area (Å²) in [4.78, 5) is 23.7. The molecule has 0 fully saturated rings. The molecule has 2 rings (SSSR count). The summed E-state index contributed by atoms with van der Waals surface area (Å²) in [6.45, 7) is 3.56. The number of carboxylic acids is 1. The smallest absolute Gasteiger partial charge is 0.336 e. The van der Waals surface area contributed by atoms with Crippen molar-refractivity contribution in [2.45, 2.75) is 20.4 Å². The Kier molecular flexibility index (Phi) is 4.02. The van der Waals surface area contributed by atoms with Crippen LogP contribution >= 0.6 is 0 Å². The number of aromatic nitrogens is 3. The Labute approximate surface area is 121 Å². The highest BCUT2D eigenvalue weighted by Crippen LogP contribution is 2.19. The number of amides is 1. The molecule has 1 amide bonds. The molecule has 0 atom stereocenters. The Morgan fingerprint density at radius 1 is 1.24 bits per heavy atom. The molecule has 1 aromatic carbocycles. The summed E-state index contributed by atoms with van der Waals surface area (Å²) in [5.41, 5.74) is 1.39. The third kappa shape index (κ3) is 2.91. The third-order valence-electron chi connectivity index (χ3n) is 3.28. The second kappa shape index (κ2) is 5.74. The van der Waals surface area contributed by atoms with Crippen molar-refractivity contribution in [2.24, 2.45) is 7.05 Å². The van der Waals surface area contributed by atoms with Crippen molar-refractivity contribution in [2.75, 3.05) is 0 Å². The second-order valence-electron chi connectivity index (χ2n) is 4.80. The summed E-state index contributed by atoms with van der Waals surface area (Å²) in [5, 5.41) is 19.6. The molecule has 0 aliphatic carbocycles. The van der Waals surface area contributed by atoms with Crippen LogP contribution in [0.15, 0.2) is 18.5 Å². The number of rotatable bonds is 4. The first-order valence-electron chi connectivity index (χ1n) is 6.36. The third-order valence-corrected chi connectivity index (χ3v) is 3.28. The van der Waals surface area contributed by atoms with Crippen LogP contribution in [0.2, 0.25) is 0 Å². The number of benzene rings is 1. The lowest BCUT2D eigenvalue weighted by Crippen LogP contribution is -2.27. The van der Waals surface area contributed by atoms with Crippen LogP contribution < -0.4 is 5.32 Å². The number of hydrogen-bond acceptors (Lipinski definition) is 4. The predicted octanol–water partition coefficient (Wildman–Crippen LogP) is 1.06. The summed E-state index contributed by atoms with van der Waals surface area (Å²) >= 11 is 0. The Balaban J connectivity index is 2.29. The Bertz CT molecular complexity index is 706. The molecule has 1 aromatic heterocycles. The monoisotopic (exact) mass is 288 g/mol. The Hall–Kier alpha value is -2.70. The number of hydrogen-bond donors (Lipinski definition) is 2. The molecular weight excluding hydrogens is 272 g/mol. The van der Waals surface area contributed by atoms with Crippen molar-refractivity contribution in [1.82, 2.24) is 20.1 Å². The lowest BCUT2D eigenvalue weighted by molar-refractivity contribution is 0.0690. The zero-order valence-corrected chi connectivity index (χ0v) is 12.0. The lowest BCUT2D eigenvalue weighted by atomic mass is 9.96. The first kappa shape index (κ1) is 14.7. The minimum atomic E-state index is -1.11. The van der Waals surface area contributed by atoms with E-state index in [-0.39, 0.29) is 17.7 Å². The van der Waals surface area contributed by atoms with E-state index in [0.29, 0.717) is 17.0 Å². The van der Waals surface area contributed by atoms with Crippen molar-refractivity contribution in [3.63, 3.8) is 0 Å². The van der Waals surface area contributed by atoms with Gasteiger partial charge in [0.2, 0.25) is 0 Å². The maximum absolute atomic E-state index is 12.3. The minimum absolute atomic E-state index is 0.0328. The standard InChI is InChI=1S/C14H16N4O3/c1-8-4-5-9(2)12(14(20)21)11(8)13(19)15-6-10-17-16-7-18(10)3/h4-5,7H,6H2,1-3H3,(H,15,19)(H,20,21). The summed E-state index contributed by atoms with van der Waals surface area (Å²) in [6, 6.07) is 3.43. The van der Waals surface area contributed by atoms with Gasteiger partial charge in [-0.15, -0.1) is 10.2 Å². The first-order chi connectivity index (χ1) is 9.91. The van der Waals surface area contributed by atoms with E-state index in [4.69, 9.17) is 0 Å². The van der Waals surface area contributed by atoms with Crippen LogP contribution in [0.3, 0.4) is 0 Å². The van der Waals surface area contributed by atoms with Crippen molar-refractivity contribution in [1.29, 1.82) is 0 Å². The summed E-state index contributed by atoms with van der Waals surface area (Å²) < 4.78 is 1.68. The zero-order valence-electron chi connectivity index (χ0n) is 12.0. The topological polar surface area (TPSA) is 97.1 Å². The van der Waals surface area contributed by atoms with Gasteiger partial charge < -0.3 is 15.0 Å². The Morgan fingerprint density at radius 3 is 2.38 bits per heavy atom. The highest BCUT2D eigenvalue weighted by molar-refractivity contribution is 6.06. The SMILES string of the molecule is Cc1ccc(C)c(C(=O)NCc2nncn2C)c1C(=O)O. The van der Waals surface area contributed by atoms with Crippen molar-refractivity contribution < 1.29 is 14.7 Å². The van der Waals surface area contributed by atoms with Gasteiger partial charge in [-0.1, -0.05) is 12.1 Å². The highest BCUT2D eigenvalue weighted by atomic mass is 16.4. The molecule has 0 bridgehead atoms. The van der Waals surface area contributed by atoms with Gasteiger partial charge in [-0.25, -0.2) is 4.79 Å². The summed E-state index contributed by atoms with van der Waals surface area (Å²) in [5.74, 6) is -0.956. The fourth-order valence-electron chi connectivity index (χ4n) is 2.09. The largest absolute Gasteiger partial charge is 0.478 e. The molecule has 0 spiro atoms. The van der Waals surface area contributed by atoms with Crippen molar-refractivity contribution in [3.8, 4) is 0 Å². The molecule has 0 unspecified atom stereocenters. The number of carbonyl (C=O) groups is 2. The van der Waals surface area contributed by atoms with E-state index >= 15 is 0 Å². The number of carbonyl (C=O) groups excluding carboxylic acids is 1. The van der Waals surface area contributed by atoms with E-state index in [0.717, 1.165) is 0 Å². The second-order valence-corrected chi connectivity index (χ2v) is 4.80. The maximum atomic E-state index is 12.3. The molecule has 0 aliphatic rings. The maximum Gasteiger partial charge on any atom is 0.336 e. The van der Waals surface area contributed by atoms with Gasteiger partial charge in [0.25, 0.3) is 5.91 Å². The molecule has 2 aromatic rings. The molecule has 2 N–H and O–H groups in total. The Morgan fingerprint density at radius 2 is 1.86 bits per heavy atom. The molecule has 7 nitrogen and oxygen atoms in total. The fraction of sp³-hybridized carbons (Fsp3) is 0.286. The van der Waals surface area contributed by atoms with Crippen LogP contribution in [0.1, 0.15) is 37.7 Å². The van der Waals surface area contributed by atoms with Gasteiger partial charge in [-0.3, -0.25) is 4.79 Å². The van der Waals surface area contributed by atoms with Crippen LogP contribution in [0, 0.1) is 13.8 Å². The lowest BCUT2D eigenvalue weighted by Gasteiger charge is -2.12. The number of aryl methyl sites for hydroxylation is 3. The van der Waals surface area contributed by atoms with Crippen LogP contribution in [0.5, 0.6) is 0 Å². The highest BCUT2D eigenvalue weighted by Gasteiger charge is 2.21. The predicted molar refractivity (Wildman–Crippen MR) is 75.0 cm³/mol. The fourth-order valence-corrected chi connectivity index (χ4v) is 2.09. The minimum Gasteiger partial charge on any atom is -0.478 e. The number of nitrogens with one attached hydrogen (secondary N) is 1. The van der Waals surface area contributed by atoms with E-state index < -0.39 is 11.9 Å². The van der Waals surface area contributed by atoms with Gasteiger partial charge in [0.1, 0.15) is 6.33 Å². The van der Waals surface area contributed by atoms with E-state index in [9.17, 15) is 14.7 Å². The molecule has 0 aliphatic heterocycles. The average Bonchev–Trinajstić information content (AvgIpc) is 2.83. The van der Waals surface area contributed by atoms with Gasteiger partial charge in [0, 0.05) is 7.05 Å². The van der Waals surface area contributed by atoms with Crippen LogP contribution in [-0.4, -0.2) is 31.7 Å². The molecule has 0 saturated carbocycles. The van der Waals surface area contributed by atoms with E-state index in [1.54, 1.807) is 37.6 Å². The molecule has 21 heavy (non-hydrogen) atoms. The molecule has 0 radical (unpaired) electrons. The number of carboxylic acid groups (broad SMARTS) is 1. The zero-order chi connectivity index (χ0) is 15.6. The quantitative estimate of drug-likeness (QED) is 0.876. The van der Waals surface area contributed by atoms with Gasteiger partial charge in [-0.05, 0) is 25.0 Å². The van der Waals surface area contributed by atoms with Gasteiger partial charge in [0.15, 0.2) is 5.82 Å². The van der Waals surface area contributed by atoms with Gasteiger partial charge in [0.05, 0.1) is 17.7 Å². The first-order valence-corrected chi connectivity index (χ1v) is 6.36. The summed E-state index contributed by atoms with van der Waals surface area (Å²) in [7, 11) is 1.77. The number of aromatic carboxylic acids is 1. The van der Waals surface area contributed by atoms with Crippen LogP contribution in [0.25, 0.3) is 0 Å². The van der Waals surface area contributed by atoms with Crippen LogP contribution in [0.4, 0.5) is 0 Å². The summed E-state index contributed by atoms with van der Waals surface area (Å²) in [6.07, 6.45) is 1.53. The van der Waals surface area contributed by atoms with E-state index in [1.165, 1.54) is 6.33 Å². The molecule has 7 heteroatoms.